The fraction of sp³-hybridized carbons (Fsp3) is 1.00. The Labute approximate surface area is 48.6 Å². The first-order valence-corrected chi connectivity index (χ1v) is 2.32. The van der Waals surface area contributed by atoms with Crippen LogP contribution in [0.2, 0.25) is 0 Å². The largest absolute Gasteiger partial charge is 0.302 e. The van der Waals surface area contributed by atoms with E-state index < -0.39 is 5.60 Å². The molecule has 0 unspecified atom stereocenters. The molecule has 50 valence electrons. The second-order valence-electron chi connectivity index (χ2n) is 2.19. The van der Waals surface area contributed by atoms with Gasteiger partial charge in [0.25, 0.3) is 0 Å². The van der Waals surface area contributed by atoms with Crippen LogP contribution in [0.25, 0.3) is 0 Å². The Morgan fingerprint density at radius 3 is 2.00 bits per heavy atom. The van der Waals surface area contributed by atoms with Crippen LogP contribution in [0.4, 0.5) is 0 Å². The first-order chi connectivity index (χ1) is 3.62. The Morgan fingerprint density at radius 1 is 1.38 bits per heavy atom. The summed E-state index contributed by atoms with van der Waals surface area (Å²) < 4.78 is 0. The smallest absolute Gasteiger partial charge is 0.109 e. The van der Waals surface area contributed by atoms with E-state index in [0.29, 0.717) is 6.61 Å². The van der Waals surface area contributed by atoms with Crippen molar-refractivity contribution in [1.29, 1.82) is 0 Å². The molecule has 0 spiro atoms. The number of nitrogens with two attached hydrogens (primary N) is 2. The lowest BCUT2D eigenvalue weighted by molar-refractivity contribution is -0.0780. The maximum Gasteiger partial charge on any atom is 0.109 e. The molecule has 0 aliphatic rings. The van der Waals surface area contributed by atoms with Gasteiger partial charge in [-0.2, -0.15) is 0 Å². The summed E-state index contributed by atoms with van der Waals surface area (Å²) >= 11 is 0. The van der Waals surface area contributed by atoms with Crippen LogP contribution in [-0.2, 0) is 9.68 Å². The number of rotatable bonds is 3. The van der Waals surface area contributed by atoms with Gasteiger partial charge in [0.2, 0.25) is 0 Å². The lowest BCUT2D eigenvalue weighted by atomic mass is 10.2. The van der Waals surface area contributed by atoms with E-state index in [2.05, 4.69) is 9.68 Å². The minimum absolute atomic E-state index is 0.295. The van der Waals surface area contributed by atoms with Crippen molar-refractivity contribution in [1.82, 2.24) is 0 Å². The van der Waals surface area contributed by atoms with Gasteiger partial charge in [-0.05, 0) is 13.8 Å². The average molecular weight is 120 g/mol. The quantitative estimate of drug-likeness (QED) is 0.495. The van der Waals surface area contributed by atoms with Crippen LogP contribution in [0.3, 0.4) is 0 Å². The van der Waals surface area contributed by atoms with Gasteiger partial charge in [0, 0.05) is 0 Å². The third kappa shape index (κ3) is 2.92. The van der Waals surface area contributed by atoms with E-state index in [1.807, 2.05) is 0 Å². The van der Waals surface area contributed by atoms with Crippen LogP contribution < -0.4 is 11.8 Å². The molecule has 0 aliphatic heterocycles. The molecule has 0 radical (unpaired) electrons. The Morgan fingerprint density at radius 2 is 1.88 bits per heavy atom. The van der Waals surface area contributed by atoms with Crippen molar-refractivity contribution in [2.75, 3.05) is 6.61 Å². The van der Waals surface area contributed by atoms with Crippen molar-refractivity contribution in [3.63, 3.8) is 0 Å². The van der Waals surface area contributed by atoms with Gasteiger partial charge >= 0.3 is 0 Å². The zero-order chi connectivity index (χ0) is 6.62. The van der Waals surface area contributed by atoms with Crippen molar-refractivity contribution in [2.24, 2.45) is 11.8 Å². The fourth-order valence-corrected chi connectivity index (χ4v) is 0.235. The van der Waals surface area contributed by atoms with Gasteiger partial charge in [-0.3, -0.25) is 4.84 Å². The van der Waals surface area contributed by atoms with E-state index in [1.54, 1.807) is 13.8 Å². The number of hydrogen-bond donors (Lipinski definition) is 2. The third-order valence-corrected chi connectivity index (χ3v) is 0.750. The van der Waals surface area contributed by atoms with Crippen LogP contribution in [0.15, 0.2) is 0 Å². The average Bonchev–Trinajstić information content (AvgIpc) is 1.67. The van der Waals surface area contributed by atoms with Crippen molar-refractivity contribution in [3.8, 4) is 0 Å². The van der Waals surface area contributed by atoms with Crippen LogP contribution in [0, 0.1) is 0 Å². The number of hydrogen-bond acceptors (Lipinski definition) is 4. The molecule has 0 aromatic rings. The van der Waals surface area contributed by atoms with E-state index in [-0.39, 0.29) is 0 Å². The minimum atomic E-state index is -0.477. The zero-order valence-corrected chi connectivity index (χ0v) is 5.18. The molecule has 0 saturated heterocycles. The molecule has 0 saturated carbocycles. The summed E-state index contributed by atoms with van der Waals surface area (Å²) in [5.74, 6) is 9.61. The molecule has 0 aromatic heterocycles. The summed E-state index contributed by atoms with van der Waals surface area (Å²) in [6.45, 7) is 3.85. The standard InChI is InChI=1S/C4H12N2O2/c1-4(2,8-6)3-7-5/h3,5-6H2,1-2H3. The minimum Gasteiger partial charge on any atom is -0.302 e. The summed E-state index contributed by atoms with van der Waals surface area (Å²) in [6.07, 6.45) is 0. The highest BCUT2D eigenvalue weighted by atomic mass is 16.7. The van der Waals surface area contributed by atoms with Crippen molar-refractivity contribution < 1.29 is 9.68 Å². The first-order valence-electron chi connectivity index (χ1n) is 2.32. The van der Waals surface area contributed by atoms with Crippen molar-refractivity contribution in [2.45, 2.75) is 19.4 Å². The molecule has 0 bridgehead atoms. The SMILES string of the molecule is CC(C)(CON)ON. The van der Waals surface area contributed by atoms with Gasteiger partial charge in [0.05, 0.1) is 6.61 Å². The molecule has 0 aromatic carbocycles. The predicted molar refractivity (Wildman–Crippen MR) is 29.5 cm³/mol. The van der Waals surface area contributed by atoms with Crippen LogP contribution >= 0.6 is 0 Å². The topological polar surface area (TPSA) is 70.5 Å². The van der Waals surface area contributed by atoms with E-state index in [4.69, 9.17) is 11.8 Å². The van der Waals surface area contributed by atoms with Crippen LogP contribution in [0.1, 0.15) is 13.8 Å². The normalized spacial score (nSPS) is 12.0. The molecular formula is C4H12N2O2. The van der Waals surface area contributed by atoms with E-state index in [0.717, 1.165) is 0 Å². The summed E-state index contributed by atoms with van der Waals surface area (Å²) in [7, 11) is 0. The highest BCUT2D eigenvalue weighted by molar-refractivity contribution is 4.63. The molecule has 4 N–H and O–H groups in total. The zero-order valence-electron chi connectivity index (χ0n) is 5.18. The summed E-state index contributed by atoms with van der Waals surface area (Å²) in [4.78, 5) is 8.77. The molecule has 0 amide bonds. The van der Waals surface area contributed by atoms with Gasteiger partial charge in [0.15, 0.2) is 0 Å². The molecule has 0 atom stereocenters. The highest BCUT2D eigenvalue weighted by Gasteiger charge is 2.16. The lowest BCUT2D eigenvalue weighted by Gasteiger charge is -2.18. The van der Waals surface area contributed by atoms with Crippen molar-refractivity contribution in [3.05, 3.63) is 0 Å². The van der Waals surface area contributed by atoms with E-state index in [9.17, 15) is 0 Å². The molecular weight excluding hydrogens is 108 g/mol. The van der Waals surface area contributed by atoms with Gasteiger partial charge in [-0.15, -0.1) is 0 Å². The Kier molecular flexibility index (Phi) is 2.93. The second-order valence-corrected chi connectivity index (χ2v) is 2.19. The van der Waals surface area contributed by atoms with E-state index >= 15 is 0 Å². The van der Waals surface area contributed by atoms with Crippen LogP contribution in [-0.4, -0.2) is 12.2 Å². The molecule has 0 rings (SSSR count). The predicted octanol–water partition coefficient (Wildman–Crippen LogP) is -0.454. The van der Waals surface area contributed by atoms with Gasteiger partial charge in [-0.25, -0.2) is 11.8 Å². The summed E-state index contributed by atoms with van der Waals surface area (Å²) in [6, 6.07) is 0. The summed E-state index contributed by atoms with van der Waals surface area (Å²) in [5.41, 5.74) is -0.477. The maximum atomic E-state index is 4.86. The van der Waals surface area contributed by atoms with E-state index in [1.165, 1.54) is 0 Å². The van der Waals surface area contributed by atoms with Crippen molar-refractivity contribution >= 4 is 0 Å². The lowest BCUT2D eigenvalue weighted by Crippen LogP contribution is -2.34. The molecule has 4 nitrogen and oxygen atoms in total. The molecule has 8 heavy (non-hydrogen) atoms. The van der Waals surface area contributed by atoms with Gasteiger partial charge in [-0.1, -0.05) is 0 Å². The third-order valence-electron chi connectivity index (χ3n) is 0.750. The maximum absolute atomic E-state index is 4.86. The van der Waals surface area contributed by atoms with Gasteiger partial charge < -0.3 is 4.84 Å². The Balaban J connectivity index is 3.37. The Hall–Kier alpha value is -0.160. The first kappa shape index (κ1) is 7.84. The Bertz CT molecular complexity index is 65.1. The second kappa shape index (κ2) is 2.99. The van der Waals surface area contributed by atoms with Gasteiger partial charge in [0.1, 0.15) is 5.60 Å². The summed E-state index contributed by atoms with van der Waals surface area (Å²) in [5, 5.41) is 0. The molecule has 0 aliphatic carbocycles. The molecule has 0 fully saturated rings. The van der Waals surface area contributed by atoms with Crippen LogP contribution in [0.5, 0.6) is 0 Å². The molecule has 0 heterocycles. The highest BCUT2D eigenvalue weighted by Crippen LogP contribution is 2.03. The monoisotopic (exact) mass is 120 g/mol. The molecule has 4 heteroatoms. The fourth-order valence-electron chi connectivity index (χ4n) is 0.235.